The Kier molecular flexibility index (Phi) is 6.25. The van der Waals surface area contributed by atoms with Crippen LogP contribution in [0.15, 0.2) is 42.5 Å². The van der Waals surface area contributed by atoms with Gasteiger partial charge in [-0.25, -0.2) is 4.79 Å². The first kappa shape index (κ1) is 18.6. The number of hydrogen-bond acceptors (Lipinski definition) is 5. The van der Waals surface area contributed by atoms with Gasteiger partial charge in [0.1, 0.15) is 0 Å². The molecule has 0 fully saturated rings. The Balaban J connectivity index is 2.08. The van der Waals surface area contributed by atoms with Crippen molar-refractivity contribution in [2.45, 2.75) is 13.0 Å². The summed E-state index contributed by atoms with van der Waals surface area (Å²) in [5, 5.41) is 2.87. The molecule has 2 aromatic carbocycles. The molecule has 0 saturated carbocycles. The van der Waals surface area contributed by atoms with E-state index in [-0.39, 0.29) is 10.6 Å². The standard InChI is InChI=1S/C18H18ClNO5/c1-11(17(21)20-13-7-5-4-6-8-13)25-18(22)12-9-14(19)16(24-3)15(10-12)23-2/h4-11H,1-3H3,(H,20,21). The summed E-state index contributed by atoms with van der Waals surface area (Å²) in [7, 11) is 2.87. The van der Waals surface area contributed by atoms with Gasteiger partial charge >= 0.3 is 5.97 Å². The fourth-order valence-electron chi connectivity index (χ4n) is 2.08. The van der Waals surface area contributed by atoms with Gasteiger partial charge in [0.15, 0.2) is 17.6 Å². The molecule has 0 aliphatic carbocycles. The van der Waals surface area contributed by atoms with Gasteiger partial charge in [0.05, 0.1) is 24.8 Å². The minimum absolute atomic E-state index is 0.155. The van der Waals surface area contributed by atoms with E-state index in [0.717, 1.165) is 0 Å². The topological polar surface area (TPSA) is 73.9 Å². The van der Waals surface area contributed by atoms with E-state index in [1.165, 1.54) is 33.3 Å². The number of para-hydroxylation sites is 1. The molecule has 0 spiro atoms. The summed E-state index contributed by atoms with van der Waals surface area (Å²) < 4.78 is 15.4. The van der Waals surface area contributed by atoms with Gasteiger partial charge in [0.2, 0.25) is 0 Å². The minimum atomic E-state index is -0.987. The lowest BCUT2D eigenvalue weighted by Gasteiger charge is -2.15. The molecular weight excluding hydrogens is 346 g/mol. The molecule has 0 aliphatic rings. The van der Waals surface area contributed by atoms with Crippen LogP contribution >= 0.6 is 11.6 Å². The van der Waals surface area contributed by atoms with Crippen LogP contribution in [-0.2, 0) is 9.53 Å². The minimum Gasteiger partial charge on any atom is -0.493 e. The molecule has 0 saturated heterocycles. The van der Waals surface area contributed by atoms with E-state index in [9.17, 15) is 9.59 Å². The monoisotopic (exact) mass is 363 g/mol. The highest BCUT2D eigenvalue weighted by molar-refractivity contribution is 6.32. The molecule has 7 heteroatoms. The largest absolute Gasteiger partial charge is 0.493 e. The summed E-state index contributed by atoms with van der Waals surface area (Å²) in [5.74, 6) is -0.524. The Morgan fingerprint density at radius 1 is 1.08 bits per heavy atom. The second kappa shape index (κ2) is 8.39. The van der Waals surface area contributed by atoms with Gasteiger partial charge in [-0.15, -0.1) is 0 Å². The van der Waals surface area contributed by atoms with E-state index in [4.69, 9.17) is 25.8 Å². The SMILES string of the molecule is COc1cc(C(=O)OC(C)C(=O)Nc2ccccc2)cc(Cl)c1OC. The Bertz CT molecular complexity index is 764. The number of amides is 1. The third-order valence-corrected chi connectivity index (χ3v) is 3.64. The highest BCUT2D eigenvalue weighted by Gasteiger charge is 2.21. The van der Waals surface area contributed by atoms with E-state index in [2.05, 4.69) is 5.32 Å². The molecule has 2 aromatic rings. The van der Waals surface area contributed by atoms with Crippen molar-refractivity contribution < 1.29 is 23.8 Å². The number of carbonyl (C=O) groups excluding carboxylic acids is 2. The maximum absolute atomic E-state index is 12.3. The van der Waals surface area contributed by atoms with E-state index < -0.39 is 18.0 Å². The summed E-state index contributed by atoms with van der Waals surface area (Å²) in [6.07, 6.45) is -0.987. The van der Waals surface area contributed by atoms with Crippen LogP contribution < -0.4 is 14.8 Å². The first-order chi connectivity index (χ1) is 12.0. The molecule has 0 heterocycles. The Morgan fingerprint density at radius 2 is 1.76 bits per heavy atom. The first-order valence-electron chi connectivity index (χ1n) is 7.44. The van der Waals surface area contributed by atoms with Crippen LogP contribution in [0.5, 0.6) is 11.5 Å². The summed E-state index contributed by atoms with van der Waals surface area (Å²) >= 11 is 6.07. The number of nitrogens with one attached hydrogen (secondary N) is 1. The maximum Gasteiger partial charge on any atom is 0.339 e. The maximum atomic E-state index is 12.3. The van der Waals surface area contributed by atoms with Crippen molar-refractivity contribution >= 4 is 29.2 Å². The van der Waals surface area contributed by atoms with E-state index in [1.54, 1.807) is 24.3 Å². The predicted molar refractivity (Wildman–Crippen MR) is 94.5 cm³/mol. The zero-order chi connectivity index (χ0) is 18.4. The van der Waals surface area contributed by atoms with Crippen LogP contribution in [0.1, 0.15) is 17.3 Å². The van der Waals surface area contributed by atoms with E-state index in [1.807, 2.05) is 6.07 Å². The van der Waals surface area contributed by atoms with Crippen molar-refractivity contribution in [2.75, 3.05) is 19.5 Å². The van der Waals surface area contributed by atoms with Gasteiger partial charge in [-0.1, -0.05) is 29.8 Å². The fraction of sp³-hybridized carbons (Fsp3) is 0.222. The molecule has 1 N–H and O–H groups in total. The molecule has 0 radical (unpaired) electrons. The van der Waals surface area contributed by atoms with Gasteiger partial charge in [0.25, 0.3) is 5.91 Å². The zero-order valence-corrected chi connectivity index (χ0v) is 14.8. The van der Waals surface area contributed by atoms with Crippen molar-refractivity contribution in [1.82, 2.24) is 0 Å². The van der Waals surface area contributed by atoms with Crippen molar-refractivity contribution in [3.05, 3.63) is 53.1 Å². The third kappa shape index (κ3) is 4.64. The number of carbonyl (C=O) groups is 2. The van der Waals surface area contributed by atoms with Crippen molar-refractivity contribution in [3.63, 3.8) is 0 Å². The van der Waals surface area contributed by atoms with Gasteiger partial charge in [0, 0.05) is 5.69 Å². The van der Waals surface area contributed by atoms with Crippen LogP contribution in [0.25, 0.3) is 0 Å². The molecule has 1 amide bonds. The van der Waals surface area contributed by atoms with Gasteiger partial charge < -0.3 is 19.5 Å². The second-order valence-corrected chi connectivity index (χ2v) is 5.50. The lowest BCUT2D eigenvalue weighted by Crippen LogP contribution is -2.30. The highest BCUT2D eigenvalue weighted by atomic mass is 35.5. The number of rotatable bonds is 6. The van der Waals surface area contributed by atoms with Gasteiger partial charge in [-0.2, -0.15) is 0 Å². The molecule has 25 heavy (non-hydrogen) atoms. The van der Waals surface area contributed by atoms with Crippen LogP contribution in [0.2, 0.25) is 5.02 Å². The molecule has 132 valence electrons. The number of halogens is 1. The number of anilines is 1. The van der Waals surface area contributed by atoms with Gasteiger partial charge in [-0.05, 0) is 31.2 Å². The van der Waals surface area contributed by atoms with Crippen molar-refractivity contribution in [3.8, 4) is 11.5 Å². The summed E-state index contributed by atoms with van der Waals surface area (Å²) in [6, 6.07) is 11.7. The molecule has 0 aromatic heterocycles. The molecular formula is C18H18ClNO5. The second-order valence-electron chi connectivity index (χ2n) is 5.10. The lowest BCUT2D eigenvalue weighted by atomic mass is 10.2. The summed E-state index contributed by atoms with van der Waals surface area (Å²) in [5.41, 5.74) is 0.770. The van der Waals surface area contributed by atoms with Crippen LogP contribution in [0.3, 0.4) is 0 Å². The Morgan fingerprint density at radius 3 is 2.36 bits per heavy atom. The molecule has 0 aliphatic heterocycles. The quantitative estimate of drug-likeness (QED) is 0.794. The fourth-order valence-corrected chi connectivity index (χ4v) is 2.37. The van der Waals surface area contributed by atoms with E-state index >= 15 is 0 Å². The first-order valence-corrected chi connectivity index (χ1v) is 7.82. The average molecular weight is 364 g/mol. The molecule has 0 bridgehead atoms. The molecule has 1 atom stereocenters. The molecule has 2 rings (SSSR count). The zero-order valence-electron chi connectivity index (χ0n) is 14.0. The Hall–Kier alpha value is -2.73. The average Bonchev–Trinajstić information content (AvgIpc) is 2.61. The van der Waals surface area contributed by atoms with Crippen molar-refractivity contribution in [2.24, 2.45) is 0 Å². The molecule has 6 nitrogen and oxygen atoms in total. The number of esters is 1. The van der Waals surface area contributed by atoms with Crippen LogP contribution in [0.4, 0.5) is 5.69 Å². The smallest absolute Gasteiger partial charge is 0.339 e. The number of benzene rings is 2. The van der Waals surface area contributed by atoms with Crippen molar-refractivity contribution in [1.29, 1.82) is 0 Å². The normalized spacial score (nSPS) is 11.4. The van der Waals surface area contributed by atoms with Crippen LogP contribution in [0, 0.1) is 0 Å². The van der Waals surface area contributed by atoms with Gasteiger partial charge in [-0.3, -0.25) is 4.79 Å². The number of ether oxygens (including phenoxy) is 3. The Labute approximate surface area is 150 Å². The predicted octanol–water partition coefficient (Wildman–Crippen LogP) is 3.54. The van der Waals surface area contributed by atoms with Crippen LogP contribution in [-0.4, -0.2) is 32.2 Å². The summed E-state index contributed by atoms with van der Waals surface area (Å²) in [6.45, 7) is 1.48. The number of hydrogen-bond donors (Lipinski definition) is 1. The third-order valence-electron chi connectivity index (χ3n) is 3.36. The summed E-state index contributed by atoms with van der Waals surface area (Å²) in [4.78, 5) is 24.4. The van der Waals surface area contributed by atoms with E-state index in [0.29, 0.717) is 17.2 Å². The molecule has 1 unspecified atom stereocenters. The number of methoxy groups -OCH3 is 2. The highest BCUT2D eigenvalue weighted by Crippen LogP contribution is 2.36. The lowest BCUT2D eigenvalue weighted by molar-refractivity contribution is -0.123.